The summed E-state index contributed by atoms with van der Waals surface area (Å²) < 4.78 is 2.29. The molecule has 2 aromatic rings. The average molecular weight is 428 g/mol. The maximum atomic E-state index is 12.0. The van der Waals surface area contributed by atoms with Crippen LogP contribution in [0.1, 0.15) is 49.5 Å². The molecule has 0 unspecified atom stereocenters. The van der Waals surface area contributed by atoms with E-state index >= 15 is 0 Å². The second kappa shape index (κ2) is 11.5. The summed E-state index contributed by atoms with van der Waals surface area (Å²) in [5.41, 5.74) is 0.937. The second-order valence-corrected chi connectivity index (χ2v) is 8.10. The van der Waals surface area contributed by atoms with E-state index in [1.165, 1.54) is 31.8 Å². The summed E-state index contributed by atoms with van der Waals surface area (Å²) in [6, 6.07) is 10.1. The Bertz CT molecular complexity index is 860. The van der Waals surface area contributed by atoms with Crippen LogP contribution in [0.5, 0.6) is 0 Å². The van der Waals surface area contributed by atoms with Crippen LogP contribution >= 0.6 is 11.8 Å². The van der Waals surface area contributed by atoms with Crippen LogP contribution in [-0.2, 0) is 16.0 Å². The van der Waals surface area contributed by atoms with Crippen LogP contribution in [0.15, 0.2) is 41.6 Å². The highest BCUT2D eigenvalue weighted by atomic mass is 32.2. The van der Waals surface area contributed by atoms with E-state index in [2.05, 4.69) is 25.4 Å². The summed E-state index contributed by atoms with van der Waals surface area (Å²) in [5, 5.41) is 15.1. The first-order valence-electron chi connectivity index (χ1n) is 10.4. The molecule has 7 nitrogen and oxygen atoms in total. The van der Waals surface area contributed by atoms with Gasteiger partial charge in [0.25, 0.3) is 0 Å². The average Bonchev–Trinajstić information content (AvgIpc) is 3.43. The largest absolute Gasteiger partial charge is 0.355 e. The molecule has 0 aliphatic heterocycles. The van der Waals surface area contributed by atoms with Crippen LogP contribution in [0.4, 0.5) is 0 Å². The van der Waals surface area contributed by atoms with Crippen molar-refractivity contribution in [2.45, 2.75) is 49.7 Å². The van der Waals surface area contributed by atoms with Crippen molar-refractivity contribution in [2.75, 3.05) is 19.3 Å². The van der Waals surface area contributed by atoms with E-state index in [1.54, 1.807) is 17.8 Å². The molecule has 1 heterocycles. The minimum atomic E-state index is -0.289. The zero-order valence-electron chi connectivity index (χ0n) is 17.3. The van der Waals surface area contributed by atoms with E-state index in [0.717, 1.165) is 29.4 Å². The summed E-state index contributed by atoms with van der Waals surface area (Å²) in [4.78, 5) is 23.8. The number of carbonyl (C=O) groups excluding carboxylic acids is 2. The Morgan fingerprint density at radius 1 is 1.17 bits per heavy atom. The van der Waals surface area contributed by atoms with Gasteiger partial charge in [-0.3, -0.25) is 9.59 Å². The fourth-order valence-electron chi connectivity index (χ4n) is 3.65. The lowest BCUT2D eigenvalue weighted by molar-refractivity contribution is -0.123. The van der Waals surface area contributed by atoms with Gasteiger partial charge in [-0.2, -0.15) is 0 Å². The highest BCUT2D eigenvalue weighted by Gasteiger charge is 2.23. The number of hydrogen-bond acceptors (Lipinski definition) is 5. The number of carbonyl (C=O) groups is 2. The highest BCUT2D eigenvalue weighted by molar-refractivity contribution is 7.98. The minimum Gasteiger partial charge on any atom is -0.355 e. The van der Waals surface area contributed by atoms with Gasteiger partial charge in [0.05, 0.1) is 6.54 Å². The predicted octanol–water partition coefficient (Wildman–Crippen LogP) is 2.99. The number of nitrogens with zero attached hydrogens (tertiary/aromatic N) is 3. The molecule has 3 rings (SSSR count). The lowest BCUT2D eigenvalue weighted by Gasteiger charge is -2.16. The predicted molar refractivity (Wildman–Crippen MR) is 119 cm³/mol. The Labute approximate surface area is 181 Å². The van der Waals surface area contributed by atoms with Gasteiger partial charge in [0.2, 0.25) is 11.8 Å². The summed E-state index contributed by atoms with van der Waals surface area (Å²) >= 11 is 1.63. The van der Waals surface area contributed by atoms with Gasteiger partial charge in [0.15, 0.2) is 5.16 Å². The lowest BCUT2D eigenvalue weighted by atomic mass is 10.2. The van der Waals surface area contributed by atoms with Gasteiger partial charge >= 0.3 is 0 Å². The molecule has 1 saturated carbocycles. The number of rotatable bonds is 10. The van der Waals surface area contributed by atoms with Crippen LogP contribution in [-0.4, -0.2) is 45.9 Å². The number of hydrogen-bond donors (Lipinski definition) is 2. The quantitative estimate of drug-likeness (QED) is 0.346. The van der Waals surface area contributed by atoms with Crippen molar-refractivity contribution in [3.8, 4) is 0 Å². The second-order valence-electron chi connectivity index (χ2n) is 7.33. The Morgan fingerprint density at radius 3 is 2.67 bits per heavy atom. The van der Waals surface area contributed by atoms with Crippen molar-refractivity contribution < 1.29 is 9.59 Å². The van der Waals surface area contributed by atoms with E-state index in [-0.39, 0.29) is 18.4 Å². The molecule has 1 aromatic heterocycles. The van der Waals surface area contributed by atoms with Crippen molar-refractivity contribution in [1.82, 2.24) is 25.4 Å². The Balaban J connectivity index is 1.36. The molecule has 160 valence electrons. The summed E-state index contributed by atoms with van der Waals surface area (Å²) in [7, 11) is 0. The fraction of sp³-hybridized carbons (Fsp3) is 0.455. The van der Waals surface area contributed by atoms with Crippen molar-refractivity contribution >= 4 is 29.7 Å². The molecule has 0 spiro atoms. The smallest absolute Gasteiger partial charge is 0.244 e. The first-order chi connectivity index (χ1) is 14.7. The molecule has 1 aliphatic carbocycles. The number of aromatic nitrogens is 3. The number of benzene rings is 1. The van der Waals surface area contributed by atoms with Crippen molar-refractivity contribution in [3.63, 3.8) is 0 Å². The Morgan fingerprint density at radius 2 is 1.93 bits per heavy atom. The van der Waals surface area contributed by atoms with Gasteiger partial charge in [-0.05, 0) is 37.2 Å². The zero-order chi connectivity index (χ0) is 21.2. The van der Waals surface area contributed by atoms with Crippen LogP contribution in [0, 0.1) is 0 Å². The monoisotopic (exact) mass is 427 g/mol. The first kappa shape index (κ1) is 22.1. The Kier molecular flexibility index (Phi) is 8.50. The molecule has 1 fully saturated rings. The zero-order valence-corrected chi connectivity index (χ0v) is 18.2. The fourth-order valence-corrected chi connectivity index (χ4v) is 4.22. The summed E-state index contributed by atoms with van der Waals surface area (Å²) in [6.07, 6.45) is 11.6. The maximum Gasteiger partial charge on any atom is 0.244 e. The van der Waals surface area contributed by atoms with E-state index in [1.807, 2.05) is 36.6 Å². The van der Waals surface area contributed by atoms with E-state index in [4.69, 9.17) is 0 Å². The maximum absolute atomic E-state index is 12.0. The van der Waals surface area contributed by atoms with E-state index < -0.39 is 0 Å². The van der Waals surface area contributed by atoms with Gasteiger partial charge in [0.1, 0.15) is 5.82 Å². The molecule has 8 heteroatoms. The molecule has 0 radical (unpaired) electrons. The van der Waals surface area contributed by atoms with Gasteiger partial charge in [-0.25, -0.2) is 0 Å². The van der Waals surface area contributed by atoms with Crippen molar-refractivity contribution in [3.05, 3.63) is 47.8 Å². The summed E-state index contributed by atoms with van der Waals surface area (Å²) in [6.45, 7) is 0.507. The molecule has 30 heavy (non-hydrogen) atoms. The highest BCUT2D eigenvalue weighted by Crippen LogP contribution is 2.33. The van der Waals surface area contributed by atoms with Crippen LogP contribution in [0.25, 0.3) is 6.08 Å². The summed E-state index contributed by atoms with van der Waals surface area (Å²) in [5.74, 6) is 0.515. The van der Waals surface area contributed by atoms with Crippen LogP contribution < -0.4 is 10.6 Å². The third-order valence-electron chi connectivity index (χ3n) is 5.16. The molecule has 2 N–H and O–H groups in total. The van der Waals surface area contributed by atoms with Gasteiger partial charge in [-0.15, -0.1) is 10.2 Å². The first-order valence-corrected chi connectivity index (χ1v) is 11.7. The van der Waals surface area contributed by atoms with Crippen LogP contribution in [0.2, 0.25) is 0 Å². The third kappa shape index (κ3) is 6.45. The SMILES string of the molecule is CSc1nnc(CCCNC(=O)CNC(=O)/C=C/c2ccccc2)n1C1CCCC1. The van der Waals surface area contributed by atoms with Gasteiger partial charge < -0.3 is 15.2 Å². The molecule has 0 bridgehead atoms. The van der Waals surface area contributed by atoms with E-state index in [0.29, 0.717) is 12.6 Å². The molecule has 0 saturated heterocycles. The van der Waals surface area contributed by atoms with E-state index in [9.17, 15) is 9.59 Å². The van der Waals surface area contributed by atoms with Crippen molar-refractivity contribution in [1.29, 1.82) is 0 Å². The van der Waals surface area contributed by atoms with Crippen molar-refractivity contribution in [2.24, 2.45) is 0 Å². The van der Waals surface area contributed by atoms with Crippen LogP contribution in [0.3, 0.4) is 0 Å². The normalized spacial score (nSPS) is 14.3. The molecule has 0 atom stereocenters. The van der Waals surface area contributed by atoms with Gasteiger partial charge in [0, 0.05) is 25.1 Å². The molecular weight excluding hydrogens is 398 g/mol. The number of thioether (sulfide) groups is 1. The lowest BCUT2D eigenvalue weighted by Crippen LogP contribution is -2.36. The molecule has 1 aromatic carbocycles. The number of aryl methyl sites for hydroxylation is 1. The standard InChI is InChI=1S/C22H29N5O2S/c1-30-22-26-25-19(27(22)18-10-5-6-11-18)12-7-15-23-21(29)16-24-20(28)14-13-17-8-3-2-4-9-17/h2-4,8-9,13-14,18H,5-7,10-12,15-16H2,1H3,(H,23,29)(H,24,28)/b14-13+. The Hall–Kier alpha value is -2.61. The minimum absolute atomic E-state index is 0.0349. The number of nitrogens with one attached hydrogen (secondary N) is 2. The molecular formula is C22H29N5O2S. The number of amides is 2. The molecule has 2 amide bonds. The molecule has 1 aliphatic rings. The third-order valence-corrected chi connectivity index (χ3v) is 5.80. The topological polar surface area (TPSA) is 88.9 Å². The van der Waals surface area contributed by atoms with Gasteiger partial charge in [-0.1, -0.05) is 54.9 Å².